The largest absolute Gasteiger partial charge is 0.351 e. The van der Waals surface area contributed by atoms with Crippen molar-refractivity contribution < 1.29 is 0 Å². The van der Waals surface area contributed by atoms with Gasteiger partial charge in [0, 0.05) is 22.7 Å². The molecule has 0 unspecified atom stereocenters. The van der Waals surface area contributed by atoms with Crippen LogP contribution in [0.3, 0.4) is 0 Å². The maximum atomic E-state index is 6.25. The second kappa shape index (κ2) is 9.33. The van der Waals surface area contributed by atoms with Gasteiger partial charge in [-0.3, -0.25) is 10.9 Å². The Morgan fingerprint density at radius 2 is 1.62 bits per heavy atom. The SMILES string of the molecule is Clc1ccc(NNc2cc(-c3ccccc3)nc(NC3CCCCC3)n2)c(Cl)c1. The molecule has 0 atom stereocenters. The Morgan fingerprint density at radius 3 is 2.38 bits per heavy atom. The molecule has 5 nitrogen and oxygen atoms in total. The average Bonchev–Trinajstić information content (AvgIpc) is 2.74. The topological polar surface area (TPSA) is 61.9 Å². The monoisotopic (exact) mass is 427 g/mol. The van der Waals surface area contributed by atoms with E-state index in [9.17, 15) is 0 Å². The molecule has 0 spiro atoms. The van der Waals surface area contributed by atoms with Crippen molar-refractivity contribution in [2.45, 2.75) is 38.1 Å². The van der Waals surface area contributed by atoms with E-state index in [1.165, 1.54) is 19.3 Å². The zero-order valence-electron chi connectivity index (χ0n) is 16.0. The molecule has 1 aliphatic rings. The lowest BCUT2D eigenvalue weighted by Crippen LogP contribution is -2.24. The van der Waals surface area contributed by atoms with Crippen LogP contribution in [0.2, 0.25) is 10.0 Å². The smallest absolute Gasteiger partial charge is 0.225 e. The zero-order valence-corrected chi connectivity index (χ0v) is 17.5. The molecule has 2 aromatic carbocycles. The Hall–Kier alpha value is -2.50. The zero-order chi connectivity index (χ0) is 20.1. The third kappa shape index (κ3) is 5.31. The second-order valence-electron chi connectivity index (χ2n) is 7.18. The Bertz CT molecular complexity index is 959. The van der Waals surface area contributed by atoms with Crippen LogP contribution in [-0.4, -0.2) is 16.0 Å². The van der Waals surface area contributed by atoms with Crippen LogP contribution in [0.25, 0.3) is 11.3 Å². The molecule has 29 heavy (non-hydrogen) atoms. The number of hydrogen-bond donors (Lipinski definition) is 3. The molecule has 1 saturated carbocycles. The fraction of sp³-hybridized carbons (Fsp3) is 0.273. The summed E-state index contributed by atoms with van der Waals surface area (Å²) in [6.07, 6.45) is 6.11. The second-order valence-corrected chi connectivity index (χ2v) is 8.03. The van der Waals surface area contributed by atoms with Crippen molar-refractivity contribution in [1.82, 2.24) is 9.97 Å². The van der Waals surface area contributed by atoms with Crippen LogP contribution in [0.15, 0.2) is 54.6 Å². The van der Waals surface area contributed by atoms with Crippen molar-refractivity contribution in [3.63, 3.8) is 0 Å². The van der Waals surface area contributed by atoms with Crippen LogP contribution in [0.1, 0.15) is 32.1 Å². The Morgan fingerprint density at radius 1 is 0.828 bits per heavy atom. The molecule has 0 radical (unpaired) electrons. The van der Waals surface area contributed by atoms with Gasteiger partial charge in [-0.05, 0) is 31.0 Å². The summed E-state index contributed by atoms with van der Waals surface area (Å²) in [5.74, 6) is 1.29. The lowest BCUT2D eigenvalue weighted by Gasteiger charge is -2.23. The van der Waals surface area contributed by atoms with E-state index in [1.54, 1.807) is 12.1 Å². The van der Waals surface area contributed by atoms with E-state index >= 15 is 0 Å². The molecule has 0 amide bonds. The number of anilines is 3. The first kappa shape index (κ1) is 19.8. The average molecular weight is 428 g/mol. The van der Waals surface area contributed by atoms with Gasteiger partial charge in [0.15, 0.2) is 5.82 Å². The van der Waals surface area contributed by atoms with Gasteiger partial charge in [0.2, 0.25) is 5.95 Å². The number of halogens is 2. The Kier molecular flexibility index (Phi) is 6.37. The predicted octanol–water partition coefficient (Wildman–Crippen LogP) is 6.63. The third-order valence-corrected chi connectivity index (χ3v) is 5.54. The highest BCUT2D eigenvalue weighted by Crippen LogP contribution is 2.27. The van der Waals surface area contributed by atoms with Crippen molar-refractivity contribution in [3.05, 3.63) is 64.6 Å². The summed E-state index contributed by atoms with van der Waals surface area (Å²) in [4.78, 5) is 9.40. The van der Waals surface area contributed by atoms with Crippen LogP contribution in [-0.2, 0) is 0 Å². The van der Waals surface area contributed by atoms with Crippen LogP contribution < -0.4 is 16.2 Å². The molecule has 0 saturated heterocycles. The minimum atomic E-state index is 0.418. The number of hydrazine groups is 1. The van der Waals surface area contributed by atoms with Crippen molar-refractivity contribution in [2.75, 3.05) is 16.2 Å². The van der Waals surface area contributed by atoms with E-state index in [1.807, 2.05) is 42.5 Å². The van der Waals surface area contributed by atoms with Crippen LogP contribution in [0, 0.1) is 0 Å². The minimum absolute atomic E-state index is 0.418. The summed E-state index contributed by atoms with van der Waals surface area (Å²) in [7, 11) is 0. The first-order valence-electron chi connectivity index (χ1n) is 9.85. The molecule has 0 aliphatic heterocycles. The molecule has 3 N–H and O–H groups in total. The number of benzene rings is 2. The highest BCUT2D eigenvalue weighted by molar-refractivity contribution is 6.36. The molecule has 150 valence electrons. The van der Waals surface area contributed by atoms with E-state index in [0.29, 0.717) is 27.9 Å². The fourth-order valence-electron chi connectivity index (χ4n) is 3.48. The quantitative estimate of drug-likeness (QED) is 0.385. The highest BCUT2D eigenvalue weighted by Gasteiger charge is 2.15. The summed E-state index contributed by atoms with van der Waals surface area (Å²) in [5, 5.41) is 4.64. The van der Waals surface area contributed by atoms with Gasteiger partial charge in [-0.1, -0.05) is 72.8 Å². The Labute approximate surface area is 180 Å². The number of nitrogens with zero attached hydrogens (tertiary/aromatic N) is 2. The molecule has 7 heteroatoms. The summed E-state index contributed by atoms with van der Waals surface area (Å²) in [5.41, 5.74) is 8.86. The van der Waals surface area contributed by atoms with E-state index in [2.05, 4.69) is 21.2 Å². The lowest BCUT2D eigenvalue weighted by molar-refractivity contribution is 0.461. The standard InChI is InChI=1S/C22H23Cl2N5/c23-16-11-12-19(18(24)13-16)28-29-21-14-20(15-7-3-1-4-8-15)26-22(27-21)25-17-9-5-2-6-10-17/h1,3-4,7-8,11-14,17,28H,2,5-6,9-10H2,(H2,25,26,27,29). The van der Waals surface area contributed by atoms with Crippen LogP contribution in [0.5, 0.6) is 0 Å². The van der Waals surface area contributed by atoms with Gasteiger partial charge < -0.3 is 5.32 Å². The van der Waals surface area contributed by atoms with E-state index in [0.717, 1.165) is 29.8 Å². The van der Waals surface area contributed by atoms with Gasteiger partial charge in [0.1, 0.15) is 0 Å². The van der Waals surface area contributed by atoms with Gasteiger partial charge >= 0.3 is 0 Å². The fourth-order valence-corrected chi connectivity index (χ4v) is 3.94. The normalized spacial score (nSPS) is 14.4. The molecule has 0 bridgehead atoms. The van der Waals surface area contributed by atoms with Gasteiger partial charge in [-0.25, -0.2) is 4.98 Å². The number of hydrogen-bond acceptors (Lipinski definition) is 5. The third-order valence-electron chi connectivity index (χ3n) is 4.99. The van der Waals surface area contributed by atoms with E-state index < -0.39 is 0 Å². The highest BCUT2D eigenvalue weighted by atomic mass is 35.5. The van der Waals surface area contributed by atoms with Gasteiger partial charge in [0.25, 0.3) is 0 Å². The minimum Gasteiger partial charge on any atom is -0.351 e. The molecule has 1 aromatic heterocycles. The van der Waals surface area contributed by atoms with E-state index in [4.69, 9.17) is 28.2 Å². The van der Waals surface area contributed by atoms with Gasteiger partial charge in [0.05, 0.1) is 16.4 Å². The summed E-state index contributed by atoms with van der Waals surface area (Å²) in [6, 6.07) is 17.7. The number of nitrogens with one attached hydrogen (secondary N) is 3. The summed E-state index contributed by atoms with van der Waals surface area (Å²) in [6.45, 7) is 0. The molecule has 1 fully saturated rings. The first-order chi connectivity index (χ1) is 14.2. The van der Waals surface area contributed by atoms with Crippen LogP contribution >= 0.6 is 23.2 Å². The van der Waals surface area contributed by atoms with Crippen LogP contribution in [0.4, 0.5) is 17.5 Å². The molecule has 3 aromatic rings. The predicted molar refractivity (Wildman–Crippen MR) is 122 cm³/mol. The molecule has 1 aliphatic carbocycles. The van der Waals surface area contributed by atoms with Gasteiger partial charge in [-0.15, -0.1) is 0 Å². The van der Waals surface area contributed by atoms with Crippen molar-refractivity contribution in [2.24, 2.45) is 0 Å². The van der Waals surface area contributed by atoms with E-state index in [-0.39, 0.29) is 0 Å². The molecular formula is C22H23Cl2N5. The maximum absolute atomic E-state index is 6.25. The number of aromatic nitrogens is 2. The lowest BCUT2D eigenvalue weighted by atomic mass is 9.96. The molecular weight excluding hydrogens is 405 g/mol. The van der Waals surface area contributed by atoms with Crippen molar-refractivity contribution in [3.8, 4) is 11.3 Å². The number of rotatable bonds is 6. The Balaban J connectivity index is 1.58. The maximum Gasteiger partial charge on any atom is 0.225 e. The summed E-state index contributed by atoms with van der Waals surface area (Å²) < 4.78 is 0. The van der Waals surface area contributed by atoms with Gasteiger partial charge in [-0.2, -0.15) is 4.98 Å². The first-order valence-corrected chi connectivity index (χ1v) is 10.6. The summed E-state index contributed by atoms with van der Waals surface area (Å²) >= 11 is 12.2. The molecule has 1 heterocycles. The molecule has 4 rings (SSSR count). The van der Waals surface area contributed by atoms with Crippen molar-refractivity contribution >= 4 is 40.7 Å². The van der Waals surface area contributed by atoms with Crippen molar-refractivity contribution in [1.29, 1.82) is 0 Å².